The summed E-state index contributed by atoms with van der Waals surface area (Å²) in [6, 6.07) is 6.97. The Labute approximate surface area is 133 Å². The molecule has 1 atom stereocenters. The lowest BCUT2D eigenvalue weighted by molar-refractivity contribution is -0.141. The lowest BCUT2D eigenvalue weighted by Gasteiger charge is -2.18. The van der Waals surface area contributed by atoms with Gasteiger partial charge in [0.2, 0.25) is 0 Å². The van der Waals surface area contributed by atoms with Gasteiger partial charge in [-0.2, -0.15) is 0 Å². The zero-order chi connectivity index (χ0) is 16.8. The standard InChI is InChI=1S/C16H18N4O3/c1-10-3-5-11(6-4-10)12(9-13(21)23-2)20-16(22)14-15(17)19-8-7-18-14/h3-8,12H,9H2,1-2H3,(H2,17,19)(H,20,22). The van der Waals surface area contributed by atoms with Crippen LogP contribution >= 0.6 is 0 Å². The second-order valence-corrected chi connectivity index (χ2v) is 5.01. The first-order valence-electron chi connectivity index (χ1n) is 7.02. The van der Waals surface area contributed by atoms with E-state index in [2.05, 4.69) is 15.3 Å². The SMILES string of the molecule is COC(=O)CC(NC(=O)c1nccnc1N)c1ccc(C)cc1. The van der Waals surface area contributed by atoms with Crippen molar-refractivity contribution < 1.29 is 14.3 Å². The molecule has 0 aliphatic rings. The van der Waals surface area contributed by atoms with Gasteiger partial charge in [0, 0.05) is 12.4 Å². The van der Waals surface area contributed by atoms with E-state index in [1.54, 1.807) is 0 Å². The van der Waals surface area contributed by atoms with Gasteiger partial charge in [-0.15, -0.1) is 0 Å². The third-order valence-corrected chi connectivity index (χ3v) is 3.33. The first-order valence-corrected chi connectivity index (χ1v) is 7.02. The van der Waals surface area contributed by atoms with Crippen LogP contribution in [0.2, 0.25) is 0 Å². The molecule has 7 heteroatoms. The Hall–Kier alpha value is -2.96. The lowest BCUT2D eigenvalue weighted by atomic mass is 10.0. The number of ether oxygens (including phenoxy) is 1. The van der Waals surface area contributed by atoms with Crippen molar-refractivity contribution >= 4 is 17.7 Å². The normalized spacial score (nSPS) is 11.6. The number of nitrogens with two attached hydrogens (primary N) is 1. The Morgan fingerprint density at radius 2 is 1.87 bits per heavy atom. The number of rotatable bonds is 5. The van der Waals surface area contributed by atoms with Crippen LogP contribution in [-0.4, -0.2) is 29.0 Å². The fraction of sp³-hybridized carbons (Fsp3) is 0.250. The number of carbonyl (C=O) groups is 2. The molecule has 0 saturated heterocycles. The van der Waals surface area contributed by atoms with Crippen LogP contribution in [0.25, 0.3) is 0 Å². The van der Waals surface area contributed by atoms with Gasteiger partial charge in [0.25, 0.3) is 5.91 Å². The molecule has 7 nitrogen and oxygen atoms in total. The van der Waals surface area contributed by atoms with Crippen LogP contribution in [0.5, 0.6) is 0 Å². The third-order valence-electron chi connectivity index (χ3n) is 3.33. The second kappa shape index (κ2) is 7.35. The van der Waals surface area contributed by atoms with E-state index in [0.717, 1.165) is 11.1 Å². The Kier molecular flexibility index (Phi) is 5.24. The van der Waals surface area contributed by atoms with Gasteiger partial charge in [0.1, 0.15) is 0 Å². The average molecular weight is 314 g/mol. The summed E-state index contributed by atoms with van der Waals surface area (Å²) in [7, 11) is 1.30. The number of benzene rings is 1. The van der Waals surface area contributed by atoms with E-state index in [0.29, 0.717) is 0 Å². The maximum atomic E-state index is 12.3. The summed E-state index contributed by atoms with van der Waals surface area (Å²) >= 11 is 0. The van der Waals surface area contributed by atoms with Crippen LogP contribution < -0.4 is 11.1 Å². The Balaban J connectivity index is 2.23. The van der Waals surface area contributed by atoms with Crippen molar-refractivity contribution in [3.63, 3.8) is 0 Å². The molecule has 1 unspecified atom stereocenters. The van der Waals surface area contributed by atoms with E-state index < -0.39 is 17.9 Å². The highest BCUT2D eigenvalue weighted by molar-refractivity contribution is 5.96. The van der Waals surface area contributed by atoms with E-state index >= 15 is 0 Å². The summed E-state index contributed by atoms with van der Waals surface area (Å²) in [5.74, 6) is -0.890. The summed E-state index contributed by atoms with van der Waals surface area (Å²) in [6.07, 6.45) is 2.79. The zero-order valence-electron chi connectivity index (χ0n) is 12.9. The molecule has 1 aromatic heterocycles. The van der Waals surface area contributed by atoms with Gasteiger partial charge < -0.3 is 15.8 Å². The number of aromatic nitrogens is 2. The van der Waals surface area contributed by atoms with Crippen molar-refractivity contribution in [2.75, 3.05) is 12.8 Å². The predicted molar refractivity (Wildman–Crippen MR) is 84.5 cm³/mol. The zero-order valence-corrected chi connectivity index (χ0v) is 12.9. The smallest absolute Gasteiger partial charge is 0.307 e. The van der Waals surface area contributed by atoms with Gasteiger partial charge in [0.15, 0.2) is 11.5 Å². The van der Waals surface area contributed by atoms with Crippen LogP contribution in [0.3, 0.4) is 0 Å². The van der Waals surface area contributed by atoms with E-state index in [1.165, 1.54) is 19.5 Å². The molecule has 2 rings (SSSR count). The number of anilines is 1. The highest BCUT2D eigenvalue weighted by Gasteiger charge is 2.21. The minimum absolute atomic E-state index is 0.00542. The van der Waals surface area contributed by atoms with E-state index in [1.807, 2.05) is 31.2 Å². The van der Waals surface area contributed by atoms with Gasteiger partial charge in [0.05, 0.1) is 19.6 Å². The molecule has 1 aromatic carbocycles. The molecule has 0 bridgehead atoms. The summed E-state index contributed by atoms with van der Waals surface area (Å²) in [5.41, 5.74) is 7.55. The molecule has 0 fully saturated rings. The van der Waals surface area contributed by atoms with Crippen LogP contribution in [0, 0.1) is 6.92 Å². The van der Waals surface area contributed by atoms with Crippen molar-refractivity contribution in [1.29, 1.82) is 0 Å². The molecule has 0 radical (unpaired) electrons. The number of esters is 1. The fourth-order valence-corrected chi connectivity index (χ4v) is 2.05. The predicted octanol–water partition coefficient (Wildman–Crippen LogP) is 1.40. The van der Waals surface area contributed by atoms with E-state index in [-0.39, 0.29) is 17.9 Å². The quantitative estimate of drug-likeness (QED) is 0.808. The molecule has 1 amide bonds. The van der Waals surface area contributed by atoms with Crippen LogP contribution in [0.15, 0.2) is 36.7 Å². The van der Waals surface area contributed by atoms with Crippen molar-refractivity contribution in [3.8, 4) is 0 Å². The number of nitrogens with zero attached hydrogens (tertiary/aromatic N) is 2. The summed E-state index contributed by atoms with van der Waals surface area (Å²) in [6.45, 7) is 1.96. The number of amides is 1. The number of hydrogen-bond acceptors (Lipinski definition) is 6. The van der Waals surface area contributed by atoms with Crippen molar-refractivity contribution in [2.24, 2.45) is 0 Å². The van der Waals surface area contributed by atoms with Crippen molar-refractivity contribution in [2.45, 2.75) is 19.4 Å². The molecule has 1 heterocycles. The summed E-state index contributed by atoms with van der Waals surface area (Å²) in [5, 5.41) is 2.75. The van der Waals surface area contributed by atoms with Crippen LogP contribution in [0.4, 0.5) is 5.82 Å². The Bertz CT molecular complexity index is 701. The minimum atomic E-state index is -0.544. The topological polar surface area (TPSA) is 107 Å². The highest BCUT2D eigenvalue weighted by Crippen LogP contribution is 2.19. The second-order valence-electron chi connectivity index (χ2n) is 5.01. The highest BCUT2D eigenvalue weighted by atomic mass is 16.5. The van der Waals surface area contributed by atoms with Crippen LogP contribution in [0.1, 0.15) is 34.1 Å². The van der Waals surface area contributed by atoms with E-state index in [9.17, 15) is 9.59 Å². The first kappa shape index (κ1) is 16.4. The lowest BCUT2D eigenvalue weighted by Crippen LogP contribution is -2.31. The molecule has 23 heavy (non-hydrogen) atoms. The van der Waals surface area contributed by atoms with Gasteiger partial charge in [-0.25, -0.2) is 9.97 Å². The molecular formula is C16H18N4O3. The minimum Gasteiger partial charge on any atom is -0.469 e. The number of nitrogens with one attached hydrogen (secondary N) is 1. The monoisotopic (exact) mass is 314 g/mol. The summed E-state index contributed by atoms with van der Waals surface area (Å²) < 4.78 is 4.69. The maximum Gasteiger partial charge on any atom is 0.307 e. The molecule has 0 saturated carbocycles. The van der Waals surface area contributed by atoms with E-state index in [4.69, 9.17) is 10.5 Å². The molecule has 3 N–H and O–H groups in total. The molecule has 2 aromatic rings. The van der Waals surface area contributed by atoms with Crippen molar-refractivity contribution in [3.05, 3.63) is 53.5 Å². The molecule has 0 aliphatic heterocycles. The maximum absolute atomic E-state index is 12.3. The number of hydrogen-bond donors (Lipinski definition) is 2. The van der Waals surface area contributed by atoms with Gasteiger partial charge in [-0.05, 0) is 12.5 Å². The number of methoxy groups -OCH3 is 1. The first-order chi connectivity index (χ1) is 11.0. The van der Waals surface area contributed by atoms with Gasteiger partial charge >= 0.3 is 5.97 Å². The van der Waals surface area contributed by atoms with Gasteiger partial charge in [-0.1, -0.05) is 29.8 Å². The van der Waals surface area contributed by atoms with Crippen LogP contribution in [-0.2, 0) is 9.53 Å². The Morgan fingerprint density at radius 3 is 2.48 bits per heavy atom. The van der Waals surface area contributed by atoms with Crippen molar-refractivity contribution in [1.82, 2.24) is 15.3 Å². The summed E-state index contributed by atoms with van der Waals surface area (Å²) in [4.78, 5) is 31.7. The third kappa shape index (κ3) is 4.26. The average Bonchev–Trinajstić information content (AvgIpc) is 2.55. The van der Waals surface area contributed by atoms with Gasteiger partial charge in [-0.3, -0.25) is 9.59 Å². The number of aryl methyl sites for hydroxylation is 1. The molecule has 120 valence electrons. The largest absolute Gasteiger partial charge is 0.469 e. The number of nitrogen functional groups attached to an aromatic ring is 1. The fourth-order valence-electron chi connectivity index (χ4n) is 2.05. The Morgan fingerprint density at radius 1 is 1.22 bits per heavy atom. The molecule has 0 spiro atoms. The number of carbonyl (C=O) groups excluding carboxylic acids is 2. The molecule has 0 aliphatic carbocycles. The molecular weight excluding hydrogens is 296 g/mol.